The van der Waals surface area contributed by atoms with Crippen LogP contribution in [0, 0.1) is 0 Å². The number of rotatable bonds is 4. The molecule has 0 saturated carbocycles. The average molecular weight is 267 g/mol. The van der Waals surface area contributed by atoms with E-state index in [1.54, 1.807) is 0 Å². The maximum Gasteiger partial charge on any atom is 0.0353 e. The lowest BCUT2D eigenvalue weighted by molar-refractivity contribution is 0.271. The summed E-state index contributed by atoms with van der Waals surface area (Å²) in [5.41, 5.74) is 0.752. The lowest BCUT2D eigenvalue weighted by atomic mass is 10.0. The Morgan fingerprint density at radius 1 is 0.750 bits per heavy atom. The van der Waals surface area contributed by atoms with Crippen molar-refractivity contribution in [2.75, 3.05) is 12.5 Å². The van der Waals surface area contributed by atoms with Gasteiger partial charge >= 0.3 is 0 Å². The predicted octanol–water partition coefficient (Wildman–Crippen LogP) is 3.90. The van der Waals surface area contributed by atoms with E-state index in [1.165, 1.54) is 12.8 Å². The van der Waals surface area contributed by atoms with Crippen molar-refractivity contribution < 1.29 is 0 Å². The first kappa shape index (κ1) is 14.7. The maximum absolute atomic E-state index is 2.77. The van der Waals surface area contributed by atoms with E-state index in [1.807, 2.05) is 0 Å². The van der Waals surface area contributed by atoms with Gasteiger partial charge in [0, 0.05) is 11.1 Å². The smallest absolute Gasteiger partial charge is 0.0353 e. The molecule has 1 fully saturated rings. The van der Waals surface area contributed by atoms with E-state index in [-0.39, 0.29) is 22.5 Å². The van der Waals surface area contributed by atoms with Crippen LogP contribution in [0.1, 0.15) is 54.4 Å². The zero-order valence-corrected chi connectivity index (χ0v) is 14.0. The highest BCUT2D eigenvalue weighted by molar-refractivity contribution is 8.40. The molecular formula is C12H30N2S2. The molecule has 0 unspecified atom stereocenters. The fraction of sp³-hybridized carbons (Fsp3) is 1.00. The monoisotopic (exact) mass is 266 g/mol. The van der Waals surface area contributed by atoms with Crippen molar-refractivity contribution in [3.8, 4) is 0 Å². The Morgan fingerprint density at radius 2 is 1.00 bits per heavy atom. The largest absolute Gasteiger partial charge is 0.205 e. The first-order chi connectivity index (χ1) is 7.19. The van der Waals surface area contributed by atoms with Gasteiger partial charge in [0.15, 0.2) is 0 Å². The van der Waals surface area contributed by atoms with E-state index < -0.39 is 0 Å². The van der Waals surface area contributed by atoms with Crippen molar-refractivity contribution in [2.24, 2.45) is 0 Å². The Hall–Kier alpha value is 0.620. The molecule has 0 amide bonds. The van der Waals surface area contributed by atoms with Crippen molar-refractivity contribution in [2.45, 2.75) is 65.5 Å². The van der Waals surface area contributed by atoms with Gasteiger partial charge in [0.25, 0.3) is 0 Å². The molecule has 0 aromatic heterocycles. The summed E-state index contributed by atoms with van der Waals surface area (Å²) in [4.78, 5) is 0. The molecule has 0 spiro atoms. The van der Waals surface area contributed by atoms with E-state index in [9.17, 15) is 0 Å². The third kappa shape index (κ3) is 2.26. The Morgan fingerprint density at radius 3 is 1.19 bits per heavy atom. The molecule has 0 aromatic carbocycles. The third-order valence-corrected chi connectivity index (χ3v) is 11.4. The second-order valence-corrected chi connectivity index (χ2v) is 10.1. The second-order valence-electron chi connectivity index (χ2n) is 5.89. The zero-order chi connectivity index (χ0) is 12.7. The van der Waals surface area contributed by atoms with E-state index in [0.717, 1.165) is 0 Å². The van der Waals surface area contributed by atoms with Crippen LogP contribution < -0.4 is 0 Å². The summed E-state index contributed by atoms with van der Waals surface area (Å²) in [6.45, 7) is 14.2. The summed E-state index contributed by atoms with van der Waals surface area (Å²) in [5.74, 6) is 0. The Labute approximate surface area is 108 Å². The molecule has 1 aliphatic rings. The molecule has 0 atom stereocenters. The predicted molar refractivity (Wildman–Crippen MR) is 82.2 cm³/mol. The second kappa shape index (κ2) is 4.71. The molecule has 0 aromatic rings. The van der Waals surface area contributed by atoms with Gasteiger partial charge in [0.05, 0.1) is 0 Å². The number of hydrogen-bond donors (Lipinski definition) is 2. The molecule has 100 valence electrons. The van der Waals surface area contributed by atoms with Crippen molar-refractivity contribution >= 4 is 22.5 Å². The van der Waals surface area contributed by atoms with Gasteiger partial charge in [-0.25, -0.2) is 7.42 Å². The van der Waals surface area contributed by atoms with Crippen LogP contribution in [0.15, 0.2) is 0 Å². The first-order valence-electron chi connectivity index (χ1n) is 6.26. The lowest BCUT2D eigenvalue weighted by Gasteiger charge is -2.69. The molecule has 0 aliphatic carbocycles. The molecule has 1 saturated heterocycles. The molecule has 16 heavy (non-hydrogen) atoms. The van der Waals surface area contributed by atoms with E-state index in [2.05, 4.69) is 61.5 Å². The SMILES string of the molecule is CCC(C)(C)N1[SH](C)N(C(C)(C)CC)[SH]1C. The Bertz CT molecular complexity index is 219. The minimum Gasteiger partial charge on any atom is -0.205 e. The van der Waals surface area contributed by atoms with Gasteiger partial charge < -0.3 is 0 Å². The van der Waals surface area contributed by atoms with Gasteiger partial charge in [-0.3, -0.25) is 0 Å². The molecule has 1 aliphatic heterocycles. The van der Waals surface area contributed by atoms with Crippen LogP contribution in [0.3, 0.4) is 0 Å². The summed E-state index contributed by atoms with van der Waals surface area (Å²) in [6, 6.07) is 0. The standard InChI is InChI=1S/C12H30N2S2/c1-9-11(3,4)13-15(7)14(16(13)8)12(5,6)10-2/h15-16H,9-10H2,1-8H3. The minimum absolute atomic E-state index is 0.0761. The first-order valence-corrected chi connectivity index (χ1v) is 9.65. The summed E-state index contributed by atoms with van der Waals surface area (Å²) in [6.07, 6.45) is 7.33. The maximum atomic E-state index is 2.77. The highest BCUT2D eigenvalue weighted by Gasteiger charge is 2.48. The van der Waals surface area contributed by atoms with Crippen molar-refractivity contribution in [1.82, 2.24) is 7.42 Å². The van der Waals surface area contributed by atoms with Gasteiger partial charge in [-0.15, -0.1) is 22.5 Å². The normalized spacial score (nSPS) is 33.8. The van der Waals surface area contributed by atoms with Gasteiger partial charge in [-0.2, -0.15) is 0 Å². The van der Waals surface area contributed by atoms with Crippen LogP contribution in [-0.2, 0) is 0 Å². The average Bonchev–Trinajstić information content (AvgIpc) is 2.16. The van der Waals surface area contributed by atoms with Crippen LogP contribution in [-0.4, -0.2) is 31.0 Å². The third-order valence-electron chi connectivity index (χ3n) is 3.91. The van der Waals surface area contributed by atoms with Gasteiger partial charge in [0.2, 0.25) is 0 Å². The van der Waals surface area contributed by atoms with Crippen LogP contribution in [0.2, 0.25) is 0 Å². The van der Waals surface area contributed by atoms with Crippen molar-refractivity contribution in [3.05, 3.63) is 0 Å². The minimum atomic E-state index is -0.0761. The summed E-state index contributed by atoms with van der Waals surface area (Å²) in [7, 11) is 0. The Balaban J connectivity index is 2.80. The Kier molecular flexibility index (Phi) is 4.32. The zero-order valence-electron chi connectivity index (χ0n) is 12.2. The molecular weight excluding hydrogens is 236 g/mol. The summed E-state index contributed by atoms with van der Waals surface area (Å²) >= 11 is -0.152. The summed E-state index contributed by atoms with van der Waals surface area (Å²) < 4.78 is 5.55. The number of hydrogen-bond acceptors (Lipinski definition) is 2. The van der Waals surface area contributed by atoms with E-state index in [4.69, 9.17) is 0 Å². The quantitative estimate of drug-likeness (QED) is 0.745. The fourth-order valence-corrected chi connectivity index (χ4v) is 9.81. The highest BCUT2D eigenvalue weighted by Crippen LogP contribution is 2.68. The van der Waals surface area contributed by atoms with Gasteiger partial charge in [-0.05, 0) is 53.0 Å². The summed E-state index contributed by atoms with van der Waals surface area (Å²) in [5, 5.41) is 0. The molecule has 0 N–H and O–H groups in total. The van der Waals surface area contributed by atoms with E-state index >= 15 is 0 Å². The topological polar surface area (TPSA) is 6.48 Å². The van der Waals surface area contributed by atoms with Crippen LogP contribution in [0.4, 0.5) is 0 Å². The van der Waals surface area contributed by atoms with Crippen molar-refractivity contribution in [3.63, 3.8) is 0 Å². The van der Waals surface area contributed by atoms with Crippen molar-refractivity contribution in [1.29, 1.82) is 0 Å². The molecule has 1 rings (SSSR count). The highest BCUT2D eigenvalue weighted by atomic mass is 32.3. The van der Waals surface area contributed by atoms with Crippen LogP contribution >= 0.6 is 22.5 Å². The van der Waals surface area contributed by atoms with Gasteiger partial charge in [-0.1, -0.05) is 13.8 Å². The van der Waals surface area contributed by atoms with Crippen LogP contribution in [0.25, 0.3) is 0 Å². The molecule has 0 radical (unpaired) electrons. The number of thiol groups is 2. The molecule has 1 heterocycles. The molecule has 0 bridgehead atoms. The molecule has 2 nitrogen and oxygen atoms in total. The molecule has 4 heteroatoms. The van der Waals surface area contributed by atoms with Crippen LogP contribution in [0.5, 0.6) is 0 Å². The number of nitrogens with zero attached hydrogens (tertiary/aromatic N) is 2. The van der Waals surface area contributed by atoms with E-state index in [0.29, 0.717) is 11.1 Å². The van der Waals surface area contributed by atoms with Gasteiger partial charge in [0.1, 0.15) is 0 Å². The fourth-order valence-electron chi connectivity index (χ4n) is 2.35. The lowest BCUT2D eigenvalue weighted by Crippen LogP contribution is -2.57.